The summed E-state index contributed by atoms with van der Waals surface area (Å²) in [6.07, 6.45) is 1.96. The van der Waals surface area contributed by atoms with E-state index in [-0.39, 0.29) is 5.91 Å². The number of carbonyl (C=O) groups excluding carboxylic acids is 1. The number of aliphatic imine (C=N–C) groups is 1. The van der Waals surface area contributed by atoms with Crippen LogP contribution in [0.25, 0.3) is 0 Å². The molecule has 0 saturated carbocycles. The van der Waals surface area contributed by atoms with Crippen molar-refractivity contribution >= 4 is 23.3 Å². The van der Waals surface area contributed by atoms with Crippen LogP contribution >= 0.6 is 11.6 Å². The lowest BCUT2D eigenvalue weighted by atomic mass is 10.2. The fourth-order valence-electron chi connectivity index (χ4n) is 1.71. The maximum Gasteiger partial charge on any atom is 0.278 e. The van der Waals surface area contributed by atoms with Gasteiger partial charge in [-0.25, -0.2) is 0 Å². The molecule has 0 N–H and O–H groups in total. The predicted octanol–water partition coefficient (Wildman–Crippen LogP) is 2.60. The summed E-state index contributed by atoms with van der Waals surface area (Å²) < 4.78 is 0. The molecule has 1 heterocycles. The van der Waals surface area contributed by atoms with Gasteiger partial charge < -0.3 is 4.90 Å². The van der Waals surface area contributed by atoms with Crippen molar-refractivity contribution in [1.82, 2.24) is 4.90 Å². The summed E-state index contributed by atoms with van der Waals surface area (Å²) in [7, 11) is 1.96. The molecule has 0 atom stereocenters. The van der Waals surface area contributed by atoms with Crippen LogP contribution in [0.5, 0.6) is 0 Å². The number of hydrogen-bond donors (Lipinski definition) is 0. The van der Waals surface area contributed by atoms with Crippen molar-refractivity contribution in [2.45, 2.75) is 12.8 Å². The zero-order valence-corrected chi connectivity index (χ0v) is 9.87. The summed E-state index contributed by atoms with van der Waals surface area (Å²) in [5.41, 5.74) is 0.581. The third-order valence-electron chi connectivity index (χ3n) is 2.66. The van der Waals surface area contributed by atoms with Gasteiger partial charge in [-0.05, 0) is 30.7 Å². The maximum absolute atomic E-state index is 11.8. The molecule has 0 aromatic heterocycles. The van der Waals surface area contributed by atoms with E-state index in [1.807, 2.05) is 11.9 Å². The zero-order valence-electron chi connectivity index (χ0n) is 9.11. The van der Waals surface area contributed by atoms with Gasteiger partial charge in [0.25, 0.3) is 5.91 Å². The summed E-state index contributed by atoms with van der Waals surface area (Å²) in [4.78, 5) is 17.9. The molecular weight excluding hydrogens is 224 g/mol. The van der Waals surface area contributed by atoms with Gasteiger partial charge in [0.1, 0.15) is 5.84 Å². The number of benzene rings is 1. The minimum absolute atomic E-state index is 0.194. The number of amides is 1. The molecular formula is C12H13ClN2O. The first-order chi connectivity index (χ1) is 7.66. The van der Waals surface area contributed by atoms with Gasteiger partial charge in [-0.1, -0.05) is 11.6 Å². The number of likely N-dealkylation sites (tertiary alicyclic amines) is 1. The average molecular weight is 237 g/mol. The van der Waals surface area contributed by atoms with Crippen molar-refractivity contribution in [1.29, 1.82) is 0 Å². The first-order valence-electron chi connectivity index (χ1n) is 5.25. The van der Waals surface area contributed by atoms with Crippen molar-refractivity contribution in [2.24, 2.45) is 4.99 Å². The Bertz CT molecular complexity index is 425. The summed E-state index contributed by atoms with van der Waals surface area (Å²) in [6.45, 7) is 0.979. The van der Waals surface area contributed by atoms with E-state index >= 15 is 0 Å². The van der Waals surface area contributed by atoms with Crippen LogP contribution in [0, 0.1) is 0 Å². The lowest BCUT2D eigenvalue weighted by Gasteiger charge is -2.10. The Balaban J connectivity index is 2.16. The van der Waals surface area contributed by atoms with Crippen molar-refractivity contribution in [3.63, 3.8) is 0 Å². The Morgan fingerprint density at radius 1 is 1.38 bits per heavy atom. The SMILES string of the molecule is CN1CCCC1=NC(=O)c1ccc(Cl)cc1. The lowest BCUT2D eigenvalue weighted by molar-refractivity contribution is 0.100. The highest BCUT2D eigenvalue weighted by Crippen LogP contribution is 2.13. The van der Waals surface area contributed by atoms with Crippen LogP contribution in [0.4, 0.5) is 0 Å². The molecule has 0 bridgehead atoms. The number of nitrogens with zero attached hydrogens (tertiary/aromatic N) is 2. The van der Waals surface area contributed by atoms with Gasteiger partial charge in [-0.2, -0.15) is 4.99 Å². The number of rotatable bonds is 1. The van der Waals surface area contributed by atoms with Crippen LogP contribution in [0.2, 0.25) is 5.02 Å². The fraction of sp³-hybridized carbons (Fsp3) is 0.333. The third-order valence-corrected chi connectivity index (χ3v) is 2.91. The molecule has 84 valence electrons. The second-order valence-corrected chi connectivity index (χ2v) is 4.30. The zero-order chi connectivity index (χ0) is 11.5. The highest BCUT2D eigenvalue weighted by molar-refractivity contribution is 6.30. The van der Waals surface area contributed by atoms with Crippen molar-refractivity contribution in [3.8, 4) is 0 Å². The van der Waals surface area contributed by atoms with E-state index in [4.69, 9.17) is 11.6 Å². The molecule has 0 radical (unpaired) electrons. The fourth-order valence-corrected chi connectivity index (χ4v) is 1.84. The largest absolute Gasteiger partial charge is 0.363 e. The molecule has 1 fully saturated rings. The second kappa shape index (κ2) is 4.66. The molecule has 1 aromatic rings. The molecule has 0 unspecified atom stereocenters. The van der Waals surface area contributed by atoms with E-state index in [9.17, 15) is 4.79 Å². The van der Waals surface area contributed by atoms with Gasteiger partial charge in [0, 0.05) is 30.6 Å². The maximum atomic E-state index is 11.8. The van der Waals surface area contributed by atoms with Gasteiger partial charge in [0.2, 0.25) is 0 Å². The van der Waals surface area contributed by atoms with E-state index in [0.717, 1.165) is 25.2 Å². The molecule has 1 aliphatic heterocycles. The van der Waals surface area contributed by atoms with Crippen molar-refractivity contribution < 1.29 is 4.79 Å². The summed E-state index contributed by atoms with van der Waals surface area (Å²) >= 11 is 5.75. The quantitative estimate of drug-likeness (QED) is 0.751. The Morgan fingerprint density at radius 3 is 2.62 bits per heavy atom. The second-order valence-electron chi connectivity index (χ2n) is 3.87. The van der Waals surface area contributed by atoms with E-state index in [1.54, 1.807) is 24.3 Å². The number of amidine groups is 1. The normalized spacial score (nSPS) is 18.1. The summed E-state index contributed by atoms with van der Waals surface area (Å²) in [5, 5.41) is 0.627. The standard InChI is InChI=1S/C12H13ClN2O/c1-15-8-2-3-11(15)14-12(16)9-4-6-10(13)7-5-9/h4-7H,2-3,8H2,1H3. The Labute approximate surface area is 99.7 Å². The van der Waals surface area contributed by atoms with Gasteiger partial charge in [0.05, 0.1) is 0 Å². The molecule has 1 aliphatic rings. The molecule has 3 nitrogen and oxygen atoms in total. The van der Waals surface area contributed by atoms with E-state index in [2.05, 4.69) is 4.99 Å². The molecule has 2 rings (SSSR count). The Morgan fingerprint density at radius 2 is 2.06 bits per heavy atom. The van der Waals surface area contributed by atoms with Crippen LogP contribution in [-0.4, -0.2) is 30.2 Å². The Kier molecular flexibility index (Phi) is 3.25. The molecule has 1 amide bonds. The minimum atomic E-state index is -0.194. The van der Waals surface area contributed by atoms with E-state index in [0.29, 0.717) is 10.6 Å². The first-order valence-corrected chi connectivity index (χ1v) is 5.63. The predicted molar refractivity (Wildman–Crippen MR) is 65.1 cm³/mol. The molecule has 1 saturated heterocycles. The van der Waals surface area contributed by atoms with Crippen LogP contribution in [0.3, 0.4) is 0 Å². The highest BCUT2D eigenvalue weighted by atomic mass is 35.5. The van der Waals surface area contributed by atoms with Gasteiger partial charge in [-0.3, -0.25) is 4.79 Å². The molecule has 0 spiro atoms. The van der Waals surface area contributed by atoms with Gasteiger partial charge in [0.15, 0.2) is 0 Å². The first kappa shape index (κ1) is 11.1. The molecule has 16 heavy (non-hydrogen) atoms. The monoisotopic (exact) mass is 236 g/mol. The van der Waals surface area contributed by atoms with Crippen LogP contribution in [-0.2, 0) is 0 Å². The molecule has 1 aromatic carbocycles. The smallest absolute Gasteiger partial charge is 0.278 e. The summed E-state index contributed by atoms with van der Waals surface area (Å²) in [5.74, 6) is 0.681. The lowest BCUT2D eigenvalue weighted by Crippen LogP contribution is -2.20. The molecule has 4 heteroatoms. The van der Waals surface area contributed by atoms with E-state index in [1.165, 1.54) is 0 Å². The number of carbonyl (C=O) groups is 1. The number of halogens is 1. The molecule has 0 aliphatic carbocycles. The topological polar surface area (TPSA) is 32.7 Å². The average Bonchev–Trinajstić information content (AvgIpc) is 2.65. The van der Waals surface area contributed by atoms with Crippen molar-refractivity contribution in [3.05, 3.63) is 34.9 Å². The third kappa shape index (κ3) is 2.42. The highest BCUT2D eigenvalue weighted by Gasteiger charge is 2.16. The van der Waals surface area contributed by atoms with Crippen LogP contribution in [0.1, 0.15) is 23.2 Å². The minimum Gasteiger partial charge on any atom is -0.363 e. The summed E-state index contributed by atoms with van der Waals surface area (Å²) in [6, 6.07) is 6.80. The Hall–Kier alpha value is -1.35. The van der Waals surface area contributed by atoms with Gasteiger partial charge >= 0.3 is 0 Å². The van der Waals surface area contributed by atoms with Crippen LogP contribution < -0.4 is 0 Å². The number of hydrogen-bond acceptors (Lipinski definition) is 1. The van der Waals surface area contributed by atoms with Gasteiger partial charge in [-0.15, -0.1) is 0 Å². The van der Waals surface area contributed by atoms with Crippen LogP contribution in [0.15, 0.2) is 29.3 Å². The van der Waals surface area contributed by atoms with Crippen molar-refractivity contribution in [2.75, 3.05) is 13.6 Å². The van der Waals surface area contributed by atoms with E-state index < -0.39 is 0 Å².